The summed E-state index contributed by atoms with van der Waals surface area (Å²) in [7, 11) is 1.71. The standard InChI is InChI=1S/C18H23ClN2O4/c1-21(10-18(11-22)7-4-8-18)17(24)16-15(20-14(23)9-25-16)12-5-2-3-6-13(12)19/h2-3,5-6,15-16,22H,4,7-11H2,1H3,(H,20,23)/t15-,16+/m1/s1. The number of ether oxygens (including phenoxy) is 1. The molecule has 136 valence electrons. The molecule has 0 bridgehead atoms. The highest BCUT2D eigenvalue weighted by molar-refractivity contribution is 6.31. The lowest BCUT2D eigenvalue weighted by Crippen LogP contribution is -2.55. The highest BCUT2D eigenvalue weighted by Crippen LogP contribution is 2.41. The Bertz CT molecular complexity index is 657. The van der Waals surface area contributed by atoms with E-state index in [-0.39, 0.29) is 30.4 Å². The molecule has 2 amide bonds. The second-order valence-electron chi connectivity index (χ2n) is 7.00. The van der Waals surface area contributed by atoms with Gasteiger partial charge in [0.2, 0.25) is 5.91 Å². The number of aliphatic hydroxyl groups excluding tert-OH is 1. The molecule has 2 N–H and O–H groups in total. The Morgan fingerprint density at radius 3 is 2.76 bits per heavy atom. The van der Waals surface area contributed by atoms with E-state index >= 15 is 0 Å². The fraction of sp³-hybridized carbons (Fsp3) is 0.556. The highest BCUT2D eigenvalue weighted by Gasteiger charge is 2.42. The summed E-state index contributed by atoms with van der Waals surface area (Å²) in [5.74, 6) is -0.493. The predicted molar refractivity (Wildman–Crippen MR) is 93.1 cm³/mol. The van der Waals surface area contributed by atoms with Crippen molar-refractivity contribution in [2.45, 2.75) is 31.4 Å². The van der Waals surface area contributed by atoms with Crippen LogP contribution in [-0.2, 0) is 14.3 Å². The number of likely N-dealkylation sites (N-methyl/N-ethyl adjacent to an activating group) is 1. The monoisotopic (exact) mass is 366 g/mol. The quantitative estimate of drug-likeness (QED) is 0.828. The SMILES string of the molecule is CN(CC1(CO)CCC1)C(=O)[C@H]1OCC(=O)N[C@@H]1c1ccccc1Cl. The van der Waals surface area contributed by atoms with Crippen LogP contribution in [0, 0.1) is 5.41 Å². The van der Waals surface area contributed by atoms with E-state index in [2.05, 4.69) is 5.32 Å². The topological polar surface area (TPSA) is 78.9 Å². The zero-order valence-corrected chi connectivity index (χ0v) is 15.0. The fourth-order valence-electron chi connectivity index (χ4n) is 3.58. The van der Waals surface area contributed by atoms with Crippen LogP contribution in [-0.4, -0.2) is 54.7 Å². The number of nitrogens with zero attached hydrogens (tertiary/aromatic N) is 1. The Kier molecular flexibility index (Phi) is 5.32. The third kappa shape index (κ3) is 3.66. The van der Waals surface area contributed by atoms with Gasteiger partial charge < -0.3 is 20.1 Å². The van der Waals surface area contributed by atoms with Gasteiger partial charge >= 0.3 is 0 Å². The lowest BCUT2D eigenvalue weighted by Gasteiger charge is -2.44. The number of hydrogen-bond acceptors (Lipinski definition) is 4. The minimum absolute atomic E-state index is 0.0703. The van der Waals surface area contributed by atoms with Gasteiger partial charge in [0, 0.05) is 24.0 Å². The average Bonchev–Trinajstić information content (AvgIpc) is 2.57. The zero-order chi connectivity index (χ0) is 18.0. The van der Waals surface area contributed by atoms with Crippen LogP contribution in [0.2, 0.25) is 5.02 Å². The van der Waals surface area contributed by atoms with Crippen LogP contribution in [0.1, 0.15) is 30.9 Å². The molecule has 3 rings (SSSR count). The molecule has 1 heterocycles. The normalized spacial score (nSPS) is 25.0. The molecule has 1 aliphatic carbocycles. The van der Waals surface area contributed by atoms with Crippen molar-refractivity contribution in [2.75, 3.05) is 26.8 Å². The van der Waals surface area contributed by atoms with Crippen molar-refractivity contribution in [2.24, 2.45) is 5.41 Å². The van der Waals surface area contributed by atoms with Crippen molar-refractivity contribution in [3.63, 3.8) is 0 Å². The van der Waals surface area contributed by atoms with Gasteiger partial charge in [-0.1, -0.05) is 36.2 Å². The van der Waals surface area contributed by atoms with Gasteiger partial charge in [-0.3, -0.25) is 9.59 Å². The van der Waals surface area contributed by atoms with Crippen molar-refractivity contribution in [1.29, 1.82) is 0 Å². The van der Waals surface area contributed by atoms with E-state index in [1.165, 1.54) is 0 Å². The molecule has 1 saturated carbocycles. The maximum atomic E-state index is 13.0. The first kappa shape index (κ1) is 18.2. The molecule has 6 nitrogen and oxygen atoms in total. The van der Waals surface area contributed by atoms with E-state index in [1.807, 2.05) is 6.07 Å². The van der Waals surface area contributed by atoms with E-state index in [0.29, 0.717) is 17.1 Å². The molecule has 0 unspecified atom stereocenters. The van der Waals surface area contributed by atoms with E-state index in [1.54, 1.807) is 30.1 Å². The van der Waals surface area contributed by atoms with Gasteiger partial charge in [-0.15, -0.1) is 0 Å². The average molecular weight is 367 g/mol. The Balaban J connectivity index is 1.79. The lowest BCUT2D eigenvalue weighted by molar-refractivity contribution is -0.156. The summed E-state index contributed by atoms with van der Waals surface area (Å²) in [6.45, 7) is 0.391. The highest BCUT2D eigenvalue weighted by atomic mass is 35.5. The Labute approximate surface area is 152 Å². The molecule has 25 heavy (non-hydrogen) atoms. The molecule has 0 radical (unpaired) electrons. The van der Waals surface area contributed by atoms with Gasteiger partial charge in [-0.2, -0.15) is 0 Å². The molecular formula is C18H23ClN2O4. The number of morpholine rings is 1. The van der Waals surface area contributed by atoms with E-state index in [0.717, 1.165) is 19.3 Å². The molecule has 2 aliphatic rings. The van der Waals surface area contributed by atoms with Crippen molar-refractivity contribution in [1.82, 2.24) is 10.2 Å². The maximum Gasteiger partial charge on any atom is 0.254 e. The van der Waals surface area contributed by atoms with Crippen molar-refractivity contribution >= 4 is 23.4 Å². The second kappa shape index (κ2) is 7.32. The van der Waals surface area contributed by atoms with Gasteiger partial charge in [0.25, 0.3) is 5.91 Å². The summed E-state index contributed by atoms with van der Waals surface area (Å²) in [6, 6.07) is 6.47. The fourth-order valence-corrected chi connectivity index (χ4v) is 3.83. The molecule has 1 aromatic carbocycles. The molecule has 1 saturated heterocycles. The zero-order valence-electron chi connectivity index (χ0n) is 14.2. The van der Waals surface area contributed by atoms with Gasteiger partial charge in [0.15, 0.2) is 6.10 Å². The number of amides is 2. The first-order valence-electron chi connectivity index (χ1n) is 8.47. The molecule has 2 fully saturated rings. The third-order valence-corrected chi connectivity index (χ3v) is 5.54. The third-order valence-electron chi connectivity index (χ3n) is 5.20. The van der Waals surface area contributed by atoms with Crippen LogP contribution in [0.3, 0.4) is 0 Å². The molecule has 0 spiro atoms. The first-order valence-corrected chi connectivity index (χ1v) is 8.85. The molecule has 0 aromatic heterocycles. The summed E-state index contributed by atoms with van der Waals surface area (Å²) in [5.41, 5.74) is 0.451. The van der Waals surface area contributed by atoms with Crippen molar-refractivity contribution in [3.8, 4) is 0 Å². The van der Waals surface area contributed by atoms with Gasteiger partial charge in [0.05, 0.1) is 12.6 Å². The first-order chi connectivity index (χ1) is 12.0. The van der Waals surface area contributed by atoms with Gasteiger partial charge in [0.1, 0.15) is 6.61 Å². The van der Waals surface area contributed by atoms with E-state index in [4.69, 9.17) is 16.3 Å². The predicted octanol–water partition coefficient (Wildman–Crippen LogP) is 1.52. The number of nitrogens with one attached hydrogen (secondary N) is 1. The maximum absolute atomic E-state index is 13.0. The molecular weight excluding hydrogens is 344 g/mol. The number of hydrogen-bond donors (Lipinski definition) is 2. The molecule has 1 aliphatic heterocycles. The molecule has 2 atom stereocenters. The summed E-state index contributed by atoms with van der Waals surface area (Å²) in [6.07, 6.45) is 2.06. The Morgan fingerprint density at radius 1 is 1.44 bits per heavy atom. The number of carbonyl (C=O) groups excluding carboxylic acids is 2. The van der Waals surface area contributed by atoms with Crippen molar-refractivity contribution in [3.05, 3.63) is 34.9 Å². The number of aliphatic hydroxyl groups is 1. The van der Waals surface area contributed by atoms with E-state index < -0.39 is 12.1 Å². The number of benzene rings is 1. The second-order valence-corrected chi connectivity index (χ2v) is 7.41. The van der Waals surface area contributed by atoms with Crippen LogP contribution in [0.15, 0.2) is 24.3 Å². The summed E-state index contributed by atoms with van der Waals surface area (Å²) in [4.78, 5) is 26.3. The van der Waals surface area contributed by atoms with Gasteiger partial charge in [-0.25, -0.2) is 0 Å². The summed E-state index contributed by atoms with van der Waals surface area (Å²) >= 11 is 6.25. The van der Waals surface area contributed by atoms with Crippen molar-refractivity contribution < 1.29 is 19.4 Å². The Morgan fingerprint density at radius 2 is 2.16 bits per heavy atom. The van der Waals surface area contributed by atoms with Crippen LogP contribution >= 0.6 is 11.6 Å². The number of rotatable bonds is 5. The van der Waals surface area contributed by atoms with Crippen LogP contribution in [0.4, 0.5) is 0 Å². The minimum Gasteiger partial charge on any atom is -0.396 e. The largest absolute Gasteiger partial charge is 0.396 e. The van der Waals surface area contributed by atoms with Crippen LogP contribution in [0.5, 0.6) is 0 Å². The number of halogens is 1. The van der Waals surface area contributed by atoms with Gasteiger partial charge in [-0.05, 0) is 24.5 Å². The Hall–Kier alpha value is -1.63. The lowest BCUT2D eigenvalue weighted by atomic mass is 9.69. The summed E-state index contributed by atoms with van der Waals surface area (Å²) in [5, 5.41) is 12.9. The van der Waals surface area contributed by atoms with E-state index in [9.17, 15) is 14.7 Å². The summed E-state index contributed by atoms with van der Waals surface area (Å²) < 4.78 is 5.57. The smallest absolute Gasteiger partial charge is 0.254 e. The van der Waals surface area contributed by atoms with Crippen LogP contribution < -0.4 is 5.32 Å². The minimum atomic E-state index is -0.835. The molecule has 7 heteroatoms. The molecule has 1 aromatic rings. The number of carbonyl (C=O) groups is 2. The van der Waals surface area contributed by atoms with Crippen LogP contribution in [0.25, 0.3) is 0 Å².